The summed E-state index contributed by atoms with van der Waals surface area (Å²) in [6.45, 7) is 2.01. The fraction of sp³-hybridized carbons (Fsp3) is 0.167. The van der Waals surface area contributed by atoms with Gasteiger partial charge in [0.05, 0.1) is 0 Å². The van der Waals surface area contributed by atoms with E-state index in [-0.39, 0.29) is 12.3 Å². The van der Waals surface area contributed by atoms with Crippen LogP contribution in [0.4, 0.5) is 5.69 Å². The Hall–Kier alpha value is -2.47. The maximum Gasteiger partial charge on any atom is 0.227 e. The van der Waals surface area contributed by atoms with Gasteiger partial charge in [0.25, 0.3) is 0 Å². The van der Waals surface area contributed by atoms with Crippen LogP contribution in [0.2, 0.25) is 0 Å². The van der Waals surface area contributed by atoms with Crippen molar-refractivity contribution < 1.29 is 9.32 Å². The summed E-state index contributed by atoms with van der Waals surface area (Å²) in [4.78, 5) is 16.4. The van der Waals surface area contributed by atoms with Gasteiger partial charge in [0.2, 0.25) is 17.6 Å². The smallest absolute Gasteiger partial charge is 0.227 e. The molecule has 1 heterocycles. The molecule has 0 radical (unpaired) electrons. The van der Waals surface area contributed by atoms with Crippen LogP contribution in [0.5, 0.6) is 0 Å². The molecule has 0 unspecified atom stereocenters. The van der Waals surface area contributed by atoms with Crippen LogP contribution in [0.15, 0.2) is 57.5 Å². The van der Waals surface area contributed by atoms with Crippen molar-refractivity contribution in [1.82, 2.24) is 10.1 Å². The highest BCUT2D eigenvalue weighted by atomic mass is 79.9. The largest absolute Gasteiger partial charge is 0.339 e. The van der Waals surface area contributed by atoms with Gasteiger partial charge in [-0.15, -0.1) is 0 Å². The number of carbonyl (C=O) groups is 1. The number of benzene rings is 2. The zero-order chi connectivity index (χ0) is 16.9. The molecule has 0 aliphatic carbocycles. The van der Waals surface area contributed by atoms with E-state index in [2.05, 4.69) is 31.4 Å². The third-order valence-electron chi connectivity index (χ3n) is 3.42. The van der Waals surface area contributed by atoms with Gasteiger partial charge < -0.3 is 9.84 Å². The zero-order valence-corrected chi connectivity index (χ0v) is 14.7. The van der Waals surface area contributed by atoms with E-state index in [1.807, 2.05) is 55.5 Å². The van der Waals surface area contributed by atoms with E-state index in [1.54, 1.807) is 0 Å². The second kappa shape index (κ2) is 7.40. The number of aryl methyl sites for hydroxylation is 2. The Morgan fingerprint density at radius 2 is 2.04 bits per heavy atom. The lowest BCUT2D eigenvalue weighted by Gasteiger charge is -2.04. The van der Waals surface area contributed by atoms with Crippen LogP contribution < -0.4 is 5.32 Å². The van der Waals surface area contributed by atoms with E-state index in [9.17, 15) is 4.79 Å². The van der Waals surface area contributed by atoms with Crippen LogP contribution in [0.25, 0.3) is 11.4 Å². The fourth-order valence-electron chi connectivity index (χ4n) is 2.27. The van der Waals surface area contributed by atoms with Crippen molar-refractivity contribution in [2.24, 2.45) is 0 Å². The summed E-state index contributed by atoms with van der Waals surface area (Å²) in [5, 5.41) is 6.82. The van der Waals surface area contributed by atoms with E-state index in [0.29, 0.717) is 18.1 Å². The lowest BCUT2D eigenvalue weighted by atomic mass is 10.1. The summed E-state index contributed by atoms with van der Waals surface area (Å²) in [5.41, 5.74) is 2.79. The number of amides is 1. The fourth-order valence-corrected chi connectivity index (χ4v) is 2.67. The number of nitrogens with zero attached hydrogens (tertiary/aromatic N) is 2. The van der Waals surface area contributed by atoms with Crippen LogP contribution in [0.3, 0.4) is 0 Å². The van der Waals surface area contributed by atoms with Gasteiger partial charge in [-0.1, -0.05) is 50.9 Å². The van der Waals surface area contributed by atoms with Gasteiger partial charge in [-0.3, -0.25) is 4.79 Å². The first-order chi connectivity index (χ1) is 11.6. The molecule has 0 atom stereocenters. The summed E-state index contributed by atoms with van der Waals surface area (Å²) in [7, 11) is 0. The predicted molar refractivity (Wildman–Crippen MR) is 95.6 cm³/mol. The van der Waals surface area contributed by atoms with Crippen LogP contribution in [-0.2, 0) is 11.2 Å². The quantitative estimate of drug-likeness (QED) is 0.707. The zero-order valence-electron chi connectivity index (χ0n) is 13.1. The van der Waals surface area contributed by atoms with Gasteiger partial charge in [0, 0.05) is 28.6 Å². The number of hydrogen-bond donors (Lipinski definition) is 1. The molecule has 0 spiro atoms. The highest BCUT2D eigenvalue weighted by Gasteiger charge is 2.11. The summed E-state index contributed by atoms with van der Waals surface area (Å²) in [5.74, 6) is 0.903. The Balaban J connectivity index is 1.58. The molecule has 1 aromatic heterocycles. The van der Waals surface area contributed by atoms with E-state index in [4.69, 9.17) is 4.52 Å². The van der Waals surface area contributed by atoms with E-state index in [1.165, 1.54) is 0 Å². The Kier molecular flexibility index (Phi) is 5.05. The van der Waals surface area contributed by atoms with Gasteiger partial charge in [-0.2, -0.15) is 4.98 Å². The predicted octanol–water partition coefficient (Wildman–Crippen LogP) is 4.38. The molecule has 122 valence electrons. The molecule has 3 aromatic rings. The van der Waals surface area contributed by atoms with Gasteiger partial charge in [-0.05, 0) is 31.2 Å². The average molecular weight is 386 g/mol. The van der Waals surface area contributed by atoms with E-state index in [0.717, 1.165) is 21.3 Å². The maximum atomic E-state index is 12.0. The second-order valence-electron chi connectivity index (χ2n) is 5.44. The van der Waals surface area contributed by atoms with Crippen molar-refractivity contribution in [2.45, 2.75) is 19.8 Å². The third kappa shape index (κ3) is 4.29. The molecule has 2 aromatic carbocycles. The molecule has 3 rings (SSSR count). The minimum absolute atomic E-state index is 0.0941. The number of anilines is 1. The molecule has 1 amide bonds. The minimum Gasteiger partial charge on any atom is -0.339 e. The Labute approximate surface area is 148 Å². The molecule has 24 heavy (non-hydrogen) atoms. The SMILES string of the molecule is Cc1cccc(-c2noc(CCC(=O)Nc3cccc(Br)c3)n2)c1. The molecule has 5 nitrogen and oxygen atoms in total. The normalized spacial score (nSPS) is 10.6. The topological polar surface area (TPSA) is 68.0 Å². The standard InChI is InChI=1S/C18H16BrN3O2/c1-12-4-2-5-13(10-12)18-21-17(24-22-18)9-8-16(23)20-15-7-3-6-14(19)11-15/h2-7,10-11H,8-9H2,1H3,(H,20,23). The van der Waals surface area contributed by atoms with Crippen molar-refractivity contribution >= 4 is 27.5 Å². The van der Waals surface area contributed by atoms with Gasteiger partial charge in [0.1, 0.15) is 0 Å². The summed E-state index contributed by atoms with van der Waals surface area (Å²) in [6, 6.07) is 15.3. The molecule has 0 saturated heterocycles. The lowest BCUT2D eigenvalue weighted by Crippen LogP contribution is -2.12. The molecule has 0 bridgehead atoms. The molecular weight excluding hydrogens is 370 g/mol. The highest BCUT2D eigenvalue weighted by Crippen LogP contribution is 2.18. The Morgan fingerprint density at radius 3 is 2.83 bits per heavy atom. The number of rotatable bonds is 5. The second-order valence-corrected chi connectivity index (χ2v) is 6.36. The van der Waals surface area contributed by atoms with Crippen molar-refractivity contribution in [1.29, 1.82) is 0 Å². The third-order valence-corrected chi connectivity index (χ3v) is 3.91. The van der Waals surface area contributed by atoms with Crippen LogP contribution in [0.1, 0.15) is 17.9 Å². The highest BCUT2D eigenvalue weighted by molar-refractivity contribution is 9.10. The first kappa shape index (κ1) is 16.4. The summed E-state index contributed by atoms with van der Waals surface area (Å²) >= 11 is 3.37. The number of nitrogens with one attached hydrogen (secondary N) is 1. The molecule has 0 aliphatic rings. The molecule has 0 aliphatic heterocycles. The van der Waals surface area contributed by atoms with Crippen molar-refractivity contribution in [3.63, 3.8) is 0 Å². The van der Waals surface area contributed by atoms with Crippen LogP contribution in [-0.4, -0.2) is 16.0 Å². The van der Waals surface area contributed by atoms with Gasteiger partial charge in [-0.25, -0.2) is 0 Å². The first-order valence-corrected chi connectivity index (χ1v) is 8.34. The van der Waals surface area contributed by atoms with Crippen molar-refractivity contribution in [3.8, 4) is 11.4 Å². The van der Waals surface area contributed by atoms with Gasteiger partial charge in [0.15, 0.2) is 0 Å². The minimum atomic E-state index is -0.0941. The number of hydrogen-bond acceptors (Lipinski definition) is 4. The maximum absolute atomic E-state index is 12.0. The Bertz CT molecular complexity index is 861. The van der Waals surface area contributed by atoms with Crippen molar-refractivity contribution in [3.05, 3.63) is 64.5 Å². The first-order valence-electron chi connectivity index (χ1n) is 7.55. The Morgan fingerprint density at radius 1 is 1.21 bits per heavy atom. The van der Waals surface area contributed by atoms with Crippen LogP contribution in [0, 0.1) is 6.92 Å². The van der Waals surface area contributed by atoms with Crippen molar-refractivity contribution in [2.75, 3.05) is 5.32 Å². The monoisotopic (exact) mass is 385 g/mol. The molecule has 6 heteroatoms. The molecule has 0 saturated carbocycles. The number of halogens is 1. The number of carbonyl (C=O) groups excluding carboxylic acids is 1. The van der Waals surface area contributed by atoms with E-state index < -0.39 is 0 Å². The van der Waals surface area contributed by atoms with Gasteiger partial charge >= 0.3 is 0 Å². The van der Waals surface area contributed by atoms with E-state index >= 15 is 0 Å². The molecule has 0 fully saturated rings. The summed E-state index contributed by atoms with van der Waals surface area (Å²) in [6.07, 6.45) is 0.681. The van der Waals surface area contributed by atoms with Crippen LogP contribution >= 0.6 is 15.9 Å². The molecule has 1 N–H and O–H groups in total. The summed E-state index contributed by atoms with van der Waals surface area (Å²) < 4.78 is 6.15. The average Bonchev–Trinajstić information content (AvgIpc) is 3.02. The number of aromatic nitrogens is 2. The molecular formula is C18H16BrN3O2. The lowest BCUT2D eigenvalue weighted by molar-refractivity contribution is -0.116.